The number of hydrogen-bond donors (Lipinski definition) is 2. The summed E-state index contributed by atoms with van der Waals surface area (Å²) in [4.78, 5) is 6.81. The Morgan fingerprint density at radius 1 is 1.26 bits per heavy atom. The Hall–Kier alpha value is -2.11. The molecule has 2 aromatic rings. The summed E-state index contributed by atoms with van der Waals surface area (Å²) >= 11 is 0. The second-order valence-corrected chi connectivity index (χ2v) is 7.84. The molecule has 0 spiro atoms. The number of ether oxygens (including phenoxy) is 1. The van der Waals surface area contributed by atoms with E-state index in [4.69, 9.17) is 4.74 Å². The number of anilines is 1. The summed E-state index contributed by atoms with van der Waals surface area (Å²) in [7, 11) is 2.15. The van der Waals surface area contributed by atoms with Gasteiger partial charge in [-0.25, -0.2) is 4.98 Å². The molecule has 2 N–H and O–H groups in total. The summed E-state index contributed by atoms with van der Waals surface area (Å²) in [5.74, 6) is 2.66. The predicted molar refractivity (Wildman–Crippen MR) is 109 cm³/mol. The molecule has 2 heterocycles. The predicted octanol–water partition coefficient (Wildman–Crippen LogP) is 3.64. The van der Waals surface area contributed by atoms with E-state index >= 15 is 0 Å². The first-order valence-corrected chi connectivity index (χ1v) is 9.79. The number of nitrogens with zero attached hydrogens (tertiary/aromatic N) is 2. The van der Waals surface area contributed by atoms with Crippen molar-refractivity contribution in [1.29, 1.82) is 0 Å². The Balaban J connectivity index is 1.65. The quantitative estimate of drug-likeness (QED) is 0.744. The Bertz CT molecular complexity index is 731. The van der Waals surface area contributed by atoms with E-state index in [9.17, 15) is 5.11 Å². The van der Waals surface area contributed by atoms with Crippen molar-refractivity contribution in [3.63, 3.8) is 0 Å². The van der Waals surface area contributed by atoms with Crippen LogP contribution in [0.3, 0.4) is 0 Å². The molecular formula is C22H31N3O2. The zero-order chi connectivity index (χ0) is 19.2. The molecule has 0 aliphatic carbocycles. The molecule has 1 aliphatic heterocycles. The van der Waals surface area contributed by atoms with E-state index in [0.717, 1.165) is 48.8 Å². The number of rotatable bonds is 8. The second-order valence-electron chi connectivity index (χ2n) is 7.84. The maximum atomic E-state index is 9.95. The highest BCUT2D eigenvalue weighted by Crippen LogP contribution is 2.31. The zero-order valence-electron chi connectivity index (χ0n) is 16.6. The van der Waals surface area contributed by atoms with Gasteiger partial charge in [-0.15, -0.1) is 0 Å². The first-order valence-electron chi connectivity index (χ1n) is 9.79. The molecule has 1 aromatic heterocycles. The molecule has 3 rings (SSSR count). The third-order valence-electron chi connectivity index (χ3n) is 5.05. The van der Waals surface area contributed by atoms with E-state index < -0.39 is 0 Å². The van der Waals surface area contributed by atoms with Crippen molar-refractivity contribution in [3.05, 3.63) is 53.2 Å². The Morgan fingerprint density at radius 2 is 2.04 bits per heavy atom. The second kappa shape index (κ2) is 9.20. The highest BCUT2D eigenvalue weighted by Gasteiger charge is 2.24. The molecule has 1 atom stereocenters. The molecule has 5 nitrogen and oxygen atoms in total. The number of aromatic nitrogens is 1. The van der Waals surface area contributed by atoms with Crippen molar-refractivity contribution in [1.82, 2.24) is 9.88 Å². The first kappa shape index (κ1) is 19.6. The number of aliphatic hydroxyl groups is 1. The molecule has 0 amide bonds. The fourth-order valence-electron chi connectivity index (χ4n) is 3.55. The van der Waals surface area contributed by atoms with Crippen molar-refractivity contribution in [2.45, 2.75) is 39.3 Å². The van der Waals surface area contributed by atoms with Crippen LogP contribution in [0.5, 0.6) is 5.75 Å². The minimum Gasteiger partial charge on any atom is -0.493 e. The summed E-state index contributed by atoms with van der Waals surface area (Å²) in [6, 6.07) is 10.2. The molecule has 1 fully saturated rings. The van der Waals surface area contributed by atoms with Crippen LogP contribution in [0.2, 0.25) is 0 Å². The molecule has 1 aromatic carbocycles. The Labute approximate surface area is 162 Å². The van der Waals surface area contributed by atoms with Crippen LogP contribution in [0, 0.1) is 5.92 Å². The number of benzene rings is 1. The maximum absolute atomic E-state index is 9.95. The first-order chi connectivity index (χ1) is 13.1. The van der Waals surface area contributed by atoms with Gasteiger partial charge >= 0.3 is 0 Å². The zero-order valence-corrected chi connectivity index (χ0v) is 16.6. The number of hydrogen-bond acceptors (Lipinski definition) is 5. The van der Waals surface area contributed by atoms with Crippen LogP contribution in [0.4, 0.5) is 5.82 Å². The van der Waals surface area contributed by atoms with Crippen LogP contribution in [0.25, 0.3) is 0 Å². The largest absolute Gasteiger partial charge is 0.493 e. The summed E-state index contributed by atoms with van der Waals surface area (Å²) in [6.07, 6.45) is 2.97. The smallest absolute Gasteiger partial charge is 0.132 e. The fraction of sp³-hybridized carbons (Fsp3) is 0.500. The van der Waals surface area contributed by atoms with Crippen molar-refractivity contribution in [2.24, 2.45) is 5.92 Å². The van der Waals surface area contributed by atoms with Gasteiger partial charge in [0.05, 0.1) is 13.2 Å². The van der Waals surface area contributed by atoms with Gasteiger partial charge in [-0.05, 0) is 61.2 Å². The van der Waals surface area contributed by atoms with Gasteiger partial charge in [0.2, 0.25) is 0 Å². The lowest BCUT2D eigenvalue weighted by Crippen LogP contribution is -2.15. The molecule has 0 saturated carbocycles. The van der Waals surface area contributed by atoms with Gasteiger partial charge in [0, 0.05) is 24.8 Å². The molecule has 1 unspecified atom stereocenters. The van der Waals surface area contributed by atoms with E-state index in [1.165, 1.54) is 5.56 Å². The highest BCUT2D eigenvalue weighted by molar-refractivity contribution is 5.50. The third-order valence-corrected chi connectivity index (χ3v) is 5.05. The molecule has 0 radical (unpaired) electrons. The van der Waals surface area contributed by atoms with Gasteiger partial charge < -0.3 is 20.1 Å². The average Bonchev–Trinajstić information content (AvgIpc) is 3.11. The van der Waals surface area contributed by atoms with Gasteiger partial charge in [0.1, 0.15) is 11.6 Å². The van der Waals surface area contributed by atoms with Crippen LogP contribution in [0.1, 0.15) is 42.9 Å². The molecule has 1 saturated heterocycles. The highest BCUT2D eigenvalue weighted by atomic mass is 16.5. The van der Waals surface area contributed by atoms with E-state index in [1.807, 2.05) is 18.3 Å². The van der Waals surface area contributed by atoms with Gasteiger partial charge in [-0.1, -0.05) is 26.0 Å². The molecular weight excluding hydrogens is 338 g/mol. The van der Waals surface area contributed by atoms with Crippen LogP contribution < -0.4 is 10.1 Å². The van der Waals surface area contributed by atoms with Gasteiger partial charge in [0.25, 0.3) is 0 Å². The van der Waals surface area contributed by atoms with Crippen LogP contribution in [-0.2, 0) is 13.2 Å². The minimum atomic E-state index is 0.00764. The van der Waals surface area contributed by atoms with E-state index in [0.29, 0.717) is 18.4 Å². The topological polar surface area (TPSA) is 57.6 Å². The molecule has 146 valence electrons. The molecule has 5 heteroatoms. The minimum absolute atomic E-state index is 0.00764. The molecule has 0 bridgehead atoms. The van der Waals surface area contributed by atoms with Crippen molar-refractivity contribution >= 4 is 5.82 Å². The van der Waals surface area contributed by atoms with E-state index in [-0.39, 0.29) is 6.61 Å². The number of aliphatic hydroxyl groups excluding tert-OH is 1. The monoisotopic (exact) mass is 369 g/mol. The lowest BCUT2D eigenvalue weighted by Gasteiger charge is -2.18. The number of likely N-dealkylation sites (tertiary alicyclic amines) is 1. The molecule has 27 heavy (non-hydrogen) atoms. The van der Waals surface area contributed by atoms with Gasteiger partial charge in [0.15, 0.2) is 0 Å². The van der Waals surface area contributed by atoms with Crippen molar-refractivity contribution in [3.8, 4) is 5.75 Å². The lowest BCUT2D eigenvalue weighted by atomic mass is 9.94. The summed E-state index contributed by atoms with van der Waals surface area (Å²) in [6.45, 7) is 7.82. The van der Waals surface area contributed by atoms with E-state index in [1.54, 1.807) is 0 Å². The number of pyridine rings is 1. The van der Waals surface area contributed by atoms with Gasteiger partial charge in [-0.2, -0.15) is 0 Å². The third kappa shape index (κ3) is 5.21. The van der Waals surface area contributed by atoms with Crippen LogP contribution in [0.15, 0.2) is 36.5 Å². The SMILES string of the molecule is CC(C)COc1ccc(CNc2nccc(C3CCN(C)C3)c2CO)cc1. The average molecular weight is 370 g/mol. The van der Waals surface area contributed by atoms with Crippen LogP contribution >= 0.6 is 0 Å². The fourth-order valence-corrected chi connectivity index (χ4v) is 3.55. The summed E-state index contributed by atoms with van der Waals surface area (Å²) < 4.78 is 5.73. The summed E-state index contributed by atoms with van der Waals surface area (Å²) in [5.41, 5.74) is 3.30. The van der Waals surface area contributed by atoms with Crippen molar-refractivity contribution < 1.29 is 9.84 Å². The number of nitrogens with one attached hydrogen (secondary N) is 1. The number of likely N-dealkylation sites (N-methyl/N-ethyl adjacent to an activating group) is 1. The normalized spacial score (nSPS) is 17.4. The Kier molecular flexibility index (Phi) is 6.69. The summed E-state index contributed by atoms with van der Waals surface area (Å²) in [5, 5.41) is 13.4. The van der Waals surface area contributed by atoms with E-state index in [2.05, 4.69) is 54.3 Å². The Morgan fingerprint density at radius 3 is 2.67 bits per heavy atom. The molecule has 1 aliphatic rings. The van der Waals surface area contributed by atoms with Crippen LogP contribution in [-0.4, -0.2) is 41.7 Å². The van der Waals surface area contributed by atoms with Crippen molar-refractivity contribution in [2.75, 3.05) is 32.1 Å². The standard InChI is InChI=1S/C22H31N3O2/c1-16(2)15-27-19-6-4-17(5-7-19)12-24-22-21(14-26)20(8-10-23-22)18-9-11-25(3)13-18/h4-8,10,16,18,26H,9,11-15H2,1-3H3,(H,23,24). The van der Waals surface area contributed by atoms with Gasteiger partial charge in [-0.3, -0.25) is 0 Å². The lowest BCUT2D eigenvalue weighted by molar-refractivity contribution is 0.271. The maximum Gasteiger partial charge on any atom is 0.132 e.